The molecule has 0 aliphatic rings. The molecule has 0 fully saturated rings. The molecule has 2 aromatic carbocycles. The molecular formula is C17H17Cl2NOS. The molecule has 0 aliphatic carbocycles. The van der Waals surface area contributed by atoms with E-state index in [1.54, 1.807) is 17.8 Å². The van der Waals surface area contributed by atoms with Gasteiger partial charge < -0.3 is 5.32 Å². The van der Waals surface area contributed by atoms with Gasteiger partial charge in [0, 0.05) is 27.0 Å². The van der Waals surface area contributed by atoms with E-state index in [1.807, 2.05) is 43.3 Å². The molecule has 2 rings (SSSR count). The van der Waals surface area contributed by atoms with Crippen molar-refractivity contribution in [1.82, 2.24) is 0 Å². The van der Waals surface area contributed by atoms with Gasteiger partial charge in [0.15, 0.2) is 0 Å². The van der Waals surface area contributed by atoms with Crippen molar-refractivity contribution in [2.24, 2.45) is 0 Å². The van der Waals surface area contributed by atoms with Gasteiger partial charge in [0.1, 0.15) is 0 Å². The maximum atomic E-state index is 12.0. The van der Waals surface area contributed by atoms with E-state index in [0.29, 0.717) is 11.4 Å². The zero-order valence-electron chi connectivity index (χ0n) is 12.2. The zero-order chi connectivity index (χ0) is 15.9. The Morgan fingerprint density at radius 1 is 1.09 bits per heavy atom. The molecule has 0 spiro atoms. The molecule has 5 heteroatoms. The normalized spacial score (nSPS) is 10.5. The summed E-state index contributed by atoms with van der Waals surface area (Å²) in [7, 11) is 0. The van der Waals surface area contributed by atoms with Crippen LogP contribution >= 0.6 is 35.0 Å². The molecule has 0 unspecified atom stereocenters. The summed E-state index contributed by atoms with van der Waals surface area (Å²) in [5.41, 5.74) is 1.79. The fourth-order valence-corrected chi connectivity index (χ4v) is 3.05. The van der Waals surface area contributed by atoms with E-state index >= 15 is 0 Å². The van der Waals surface area contributed by atoms with Gasteiger partial charge >= 0.3 is 0 Å². The van der Waals surface area contributed by atoms with Crippen LogP contribution in [-0.4, -0.2) is 11.7 Å². The van der Waals surface area contributed by atoms with Gasteiger partial charge in [-0.1, -0.05) is 29.3 Å². The van der Waals surface area contributed by atoms with Crippen LogP contribution in [0, 0.1) is 6.92 Å². The highest BCUT2D eigenvalue weighted by Gasteiger charge is 2.05. The Morgan fingerprint density at radius 3 is 2.50 bits per heavy atom. The van der Waals surface area contributed by atoms with Crippen LogP contribution in [0.15, 0.2) is 47.4 Å². The lowest BCUT2D eigenvalue weighted by Gasteiger charge is -2.08. The number of benzene rings is 2. The molecule has 2 aromatic rings. The molecule has 1 amide bonds. The third-order valence-corrected chi connectivity index (χ3v) is 4.69. The predicted molar refractivity (Wildman–Crippen MR) is 96.2 cm³/mol. The van der Waals surface area contributed by atoms with Gasteiger partial charge in [-0.05, 0) is 61.1 Å². The number of halogens is 2. The molecule has 0 saturated heterocycles. The largest absolute Gasteiger partial charge is 0.326 e. The number of carbonyl (C=O) groups excluding carboxylic acids is 1. The van der Waals surface area contributed by atoms with Crippen molar-refractivity contribution < 1.29 is 4.79 Å². The summed E-state index contributed by atoms with van der Waals surface area (Å²) in [5.74, 6) is 0.908. The molecule has 0 atom stereocenters. The van der Waals surface area contributed by atoms with Gasteiger partial charge in [0.25, 0.3) is 0 Å². The number of amides is 1. The number of nitrogens with one attached hydrogen (secondary N) is 1. The van der Waals surface area contributed by atoms with Crippen LogP contribution in [0.3, 0.4) is 0 Å². The molecule has 0 saturated carbocycles. The second-order valence-electron chi connectivity index (χ2n) is 4.91. The van der Waals surface area contributed by atoms with Crippen molar-refractivity contribution in [3.8, 4) is 0 Å². The molecule has 0 heterocycles. The summed E-state index contributed by atoms with van der Waals surface area (Å²) >= 11 is 13.5. The van der Waals surface area contributed by atoms with E-state index in [9.17, 15) is 4.79 Å². The van der Waals surface area contributed by atoms with Crippen molar-refractivity contribution in [3.63, 3.8) is 0 Å². The molecule has 0 radical (unpaired) electrons. The summed E-state index contributed by atoms with van der Waals surface area (Å²) in [4.78, 5) is 13.1. The third-order valence-electron chi connectivity index (χ3n) is 3.10. The molecular weight excluding hydrogens is 337 g/mol. The zero-order valence-corrected chi connectivity index (χ0v) is 14.6. The molecule has 0 aliphatic heterocycles. The molecule has 0 bridgehead atoms. The van der Waals surface area contributed by atoms with E-state index in [-0.39, 0.29) is 5.91 Å². The highest BCUT2D eigenvalue weighted by Crippen LogP contribution is 2.22. The first-order valence-electron chi connectivity index (χ1n) is 6.99. The minimum Gasteiger partial charge on any atom is -0.326 e. The second-order valence-corrected chi connectivity index (χ2v) is 6.95. The Balaban J connectivity index is 1.74. The lowest BCUT2D eigenvalue weighted by atomic mass is 10.2. The average Bonchev–Trinajstić information content (AvgIpc) is 2.49. The summed E-state index contributed by atoms with van der Waals surface area (Å²) < 4.78 is 0. The van der Waals surface area contributed by atoms with Gasteiger partial charge in [-0.25, -0.2) is 0 Å². The first kappa shape index (κ1) is 17.2. The number of rotatable bonds is 6. The maximum Gasteiger partial charge on any atom is 0.224 e. The topological polar surface area (TPSA) is 29.1 Å². The van der Waals surface area contributed by atoms with Crippen LogP contribution in [0.2, 0.25) is 10.0 Å². The SMILES string of the molecule is Cc1ccc(Cl)cc1NC(=O)CCCSc1ccc(Cl)cc1. The van der Waals surface area contributed by atoms with Gasteiger partial charge in [-0.2, -0.15) is 0 Å². The van der Waals surface area contributed by atoms with Gasteiger partial charge in [-0.15, -0.1) is 11.8 Å². The number of aryl methyl sites for hydroxylation is 1. The number of carbonyl (C=O) groups is 1. The Morgan fingerprint density at radius 2 is 1.77 bits per heavy atom. The summed E-state index contributed by atoms with van der Waals surface area (Å²) in [6.45, 7) is 1.95. The first-order chi connectivity index (χ1) is 10.5. The monoisotopic (exact) mass is 353 g/mol. The molecule has 0 aromatic heterocycles. The number of hydrogen-bond donors (Lipinski definition) is 1. The van der Waals surface area contributed by atoms with Crippen LogP contribution < -0.4 is 5.32 Å². The summed E-state index contributed by atoms with van der Waals surface area (Å²) in [6, 6.07) is 13.2. The van der Waals surface area contributed by atoms with Crippen LogP contribution in [0.5, 0.6) is 0 Å². The average molecular weight is 354 g/mol. The fraction of sp³-hybridized carbons (Fsp3) is 0.235. The van der Waals surface area contributed by atoms with E-state index in [1.165, 1.54) is 0 Å². The Kier molecular flexibility index (Phi) is 6.62. The number of anilines is 1. The lowest BCUT2D eigenvalue weighted by Crippen LogP contribution is -2.12. The maximum absolute atomic E-state index is 12.0. The van der Waals surface area contributed by atoms with Crippen molar-refractivity contribution in [2.75, 3.05) is 11.1 Å². The highest BCUT2D eigenvalue weighted by molar-refractivity contribution is 7.99. The van der Waals surface area contributed by atoms with Crippen molar-refractivity contribution >= 4 is 46.6 Å². The summed E-state index contributed by atoms with van der Waals surface area (Å²) in [6.07, 6.45) is 1.31. The van der Waals surface area contributed by atoms with Crippen molar-refractivity contribution in [1.29, 1.82) is 0 Å². The van der Waals surface area contributed by atoms with E-state index in [2.05, 4.69) is 5.32 Å². The van der Waals surface area contributed by atoms with Crippen LogP contribution in [0.1, 0.15) is 18.4 Å². The molecule has 116 valence electrons. The van der Waals surface area contributed by atoms with Crippen LogP contribution in [0.25, 0.3) is 0 Å². The van der Waals surface area contributed by atoms with Crippen LogP contribution in [0.4, 0.5) is 5.69 Å². The van der Waals surface area contributed by atoms with Crippen LogP contribution in [-0.2, 0) is 4.79 Å². The Bertz CT molecular complexity index is 644. The molecule has 2 nitrogen and oxygen atoms in total. The molecule has 22 heavy (non-hydrogen) atoms. The Hall–Kier alpha value is -1.16. The van der Waals surface area contributed by atoms with E-state index < -0.39 is 0 Å². The third kappa shape index (κ3) is 5.56. The number of thioether (sulfide) groups is 1. The number of hydrogen-bond acceptors (Lipinski definition) is 2. The highest BCUT2D eigenvalue weighted by atomic mass is 35.5. The Labute approximate surface area is 145 Å². The minimum absolute atomic E-state index is 0.0158. The first-order valence-corrected chi connectivity index (χ1v) is 8.73. The lowest BCUT2D eigenvalue weighted by molar-refractivity contribution is -0.116. The van der Waals surface area contributed by atoms with E-state index in [0.717, 1.165) is 33.3 Å². The van der Waals surface area contributed by atoms with Crippen molar-refractivity contribution in [3.05, 3.63) is 58.1 Å². The quantitative estimate of drug-likeness (QED) is 0.524. The molecule has 1 N–H and O–H groups in total. The van der Waals surface area contributed by atoms with Gasteiger partial charge in [0.2, 0.25) is 5.91 Å². The standard InChI is InChI=1S/C17H17Cl2NOS/c1-12-4-5-14(19)11-16(12)20-17(21)3-2-10-22-15-8-6-13(18)7-9-15/h4-9,11H,2-3,10H2,1H3,(H,20,21). The van der Waals surface area contributed by atoms with Crippen molar-refractivity contribution in [2.45, 2.75) is 24.7 Å². The van der Waals surface area contributed by atoms with Gasteiger partial charge in [0.05, 0.1) is 0 Å². The van der Waals surface area contributed by atoms with Gasteiger partial charge in [-0.3, -0.25) is 4.79 Å². The fourth-order valence-electron chi connectivity index (χ4n) is 1.90. The smallest absolute Gasteiger partial charge is 0.224 e. The van der Waals surface area contributed by atoms with E-state index in [4.69, 9.17) is 23.2 Å². The second kappa shape index (κ2) is 8.47. The predicted octanol–water partition coefficient (Wildman–Crippen LogP) is 5.81. The minimum atomic E-state index is 0.0158. The summed E-state index contributed by atoms with van der Waals surface area (Å²) in [5, 5.41) is 4.27.